The van der Waals surface area contributed by atoms with Crippen molar-refractivity contribution in [3.8, 4) is 5.82 Å². The molecule has 1 amide bonds. The Labute approximate surface area is 153 Å². The Balaban J connectivity index is 1.33. The van der Waals surface area contributed by atoms with Gasteiger partial charge in [0.2, 0.25) is 5.91 Å². The van der Waals surface area contributed by atoms with E-state index in [4.69, 9.17) is 0 Å². The Morgan fingerprint density at radius 2 is 1.62 bits per heavy atom. The fraction of sp³-hybridized carbons (Fsp3) is 0.611. The van der Waals surface area contributed by atoms with Crippen LogP contribution in [0.5, 0.6) is 0 Å². The zero-order valence-electron chi connectivity index (χ0n) is 15.0. The minimum atomic E-state index is 0.159. The summed E-state index contributed by atoms with van der Waals surface area (Å²) in [5.41, 5.74) is 0. The molecule has 8 nitrogen and oxygen atoms in total. The average Bonchev–Trinajstić information content (AvgIpc) is 3.10. The summed E-state index contributed by atoms with van der Waals surface area (Å²) < 4.78 is 1.59. The van der Waals surface area contributed by atoms with Crippen LogP contribution in [0.1, 0.15) is 38.5 Å². The molecule has 0 N–H and O–H groups in total. The number of anilines is 1. The smallest absolute Gasteiger partial charge is 0.225 e. The van der Waals surface area contributed by atoms with E-state index in [1.165, 1.54) is 19.2 Å². The van der Waals surface area contributed by atoms with Crippen LogP contribution in [0.2, 0.25) is 0 Å². The summed E-state index contributed by atoms with van der Waals surface area (Å²) in [4.78, 5) is 21.0. The van der Waals surface area contributed by atoms with Gasteiger partial charge < -0.3 is 9.80 Å². The van der Waals surface area contributed by atoms with Crippen LogP contribution in [-0.4, -0.2) is 61.9 Å². The van der Waals surface area contributed by atoms with Crippen LogP contribution < -0.4 is 4.90 Å². The minimum Gasteiger partial charge on any atom is -0.355 e. The Morgan fingerprint density at radius 3 is 2.23 bits per heavy atom. The van der Waals surface area contributed by atoms with E-state index in [2.05, 4.69) is 30.1 Å². The van der Waals surface area contributed by atoms with Crippen LogP contribution in [-0.2, 0) is 4.79 Å². The first kappa shape index (κ1) is 16.9. The normalized spacial score (nSPS) is 19.4. The molecule has 0 unspecified atom stereocenters. The largest absolute Gasteiger partial charge is 0.355 e. The van der Waals surface area contributed by atoms with Gasteiger partial charge in [-0.05, 0) is 37.8 Å². The lowest BCUT2D eigenvalue weighted by atomic mass is 9.95. The first-order valence-electron chi connectivity index (χ1n) is 9.54. The standard InChI is InChI=1S/C18H25N7O/c26-18(24-9-3-1-2-4-10-24)15-7-11-23(12-8-15)16-5-6-17(22-21-16)25-14-19-13-20-25/h5-6,13-15H,1-4,7-12H2. The van der Waals surface area contributed by atoms with Crippen molar-refractivity contribution in [2.45, 2.75) is 38.5 Å². The average molecular weight is 355 g/mol. The number of carbonyl (C=O) groups is 1. The predicted octanol–water partition coefficient (Wildman–Crippen LogP) is 1.68. The molecule has 2 aliphatic rings. The molecule has 2 saturated heterocycles. The van der Waals surface area contributed by atoms with Crippen LogP contribution in [0.15, 0.2) is 24.8 Å². The highest BCUT2D eigenvalue weighted by atomic mass is 16.2. The molecule has 0 saturated carbocycles. The maximum atomic E-state index is 12.8. The van der Waals surface area contributed by atoms with Crippen LogP contribution in [0.25, 0.3) is 5.82 Å². The minimum absolute atomic E-state index is 0.159. The molecule has 138 valence electrons. The van der Waals surface area contributed by atoms with E-state index in [-0.39, 0.29) is 5.92 Å². The van der Waals surface area contributed by atoms with Gasteiger partial charge in [-0.3, -0.25) is 4.79 Å². The van der Waals surface area contributed by atoms with Gasteiger partial charge in [-0.15, -0.1) is 10.2 Å². The molecular weight excluding hydrogens is 330 g/mol. The van der Waals surface area contributed by atoms with Gasteiger partial charge in [0.15, 0.2) is 11.6 Å². The van der Waals surface area contributed by atoms with Crippen molar-refractivity contribution in [1.29, 1.82) is 0 Å². The second kappa shape index (κ2) is 7.80. The molecule has 2 aliphatic heterocycles. The van der Waals surface area contributed by atoms with Crippen LogP contribution in [0, 0.1) is 5.92 Å². The van der Waals surface area contributed by atoms with Gasteiger partial charge >= 0.3 is 0 Å². The lowest BCUT2D eigenvalue weighted by Gasteiger charge is -2.34. The number of rotatable bonds is 3. The van der Waals surface area contributed by atoms with Gasteiger partial charge in [-0.1, -0.05) is 12.8 Å². The Kier molecular flexibility index (Phi) is 5.08. The van der Waals surface area contributed by atoms with E-state index in [0.717, 1.165) is 57.7 Å². The van der Waals surface area contributed by atoms with Crippen molar-refractivity contribution in [2.24, 2.45) is 5.92 Å². The molecule has 4 rings (SSSR count). The van der Waals surface area contributed by atoms with Crippen molar-refractivity contribution in [3.63, 3.8) is 0 Å². The van der Waals surface area contributed by atoms with E-state index in [1.54, 1.807) is 11.0 Å². The molecule has 26 heavy (non-hydrogen) atoms. The maximum Gasteiger partial charge on any atom is 0.225 e. The number of likely N-dealkylation sites (tertiary alicyclic amines) is 1. The third-order valence-electron chi connectivity index (χ3n) is 5.38. The van der Waals surface area contributed by atoms with E-state index in [0.29, 0.717) is 11.7 Å². The highest BCUT2D eigenvalue weighted by molar-refractivity contribution is 5.79. The number of aromatic nitrogens is 5. The third-order valence-corrected chi connectivity index (χ3v) is 5.38. The van der Waals surface area contributed by atoms with Crippen LogP contribution in [0.3, 0.4) is 0 Å². The molecule has 2 aromatic rings. The maximum absolute atomic E-state index is 12.8. The number of hydrogen-bond acceptors (Lipinski definition) is 6. The summed E-state index contributed by atoms with van der Waals surface area (Å²) in [6.07, 6.45) is 9.67. The van der Waals surface area contributed by atoms with E-state index >= 15 is 0 Å². The highest BCUT2D eigenvalue weighted by Gasteiger charge is 2.29. The van der Waals surface area contributed by atoms with Crippen molar-refractivity contribution in [2.75, 3.05) is 31.1 Å². The monoisotopic (exact) mass is 355 g/mol. The van der Waals surface area contributed by atoms with Crippen molar-refractivity contribution in [1.82, 2.24) is 29.9 Å². The summed E-state index contributed by atoms with van der Waals surface area (Å²) in [7, 11) is 0. The van der Waals surface area contributed by atoms with Crippen LogP contribution in [0.4, 0.5) is 5.82 Å². The molecule has 0 atom stereocenters. The van der Waals surface area contributed by atoms with Crippen molar-refractivity contribution >= 4 is 11.7 Å². The first-order valence-corrected chi connectivity index (χ1v) is 9.54. The quantitative estimate of drug-likeness (QED) is 0.833. The second-order valence-corrected chi connectivity index (χ2v) is 7.09. The molecule has 2 aromatic heterocycles. The number of hydrogen-bond donors (Lipinski definition) is 0. The van der Waals surface area contributed by atoms with Gasteiger partial charge in [0.1, 0.15) is 12.7 Å². The summed E-state index contributed by atoms with van der Waals surface area (Å²) >= 11 is 0. The summed E-state index contributed by atoms with van der Waals surface area (Å²) in [5, 5.41) is 12.6. The zero-order chi connectivity index (χ0) is 17.8. The van der Waals surface area contributed by atoms with Gasteiger partial charge in [-0.2, -0.15) is 5.10 Å². The fourth-order valence-corrected chi connectivity index (χ4v) is 3.84. The van der Waals surface area contributed by atoms with Gasteiger partial charge in [0.05, 0.1) is 0 Å². The van der Waals surface area contributed by atoms with Gasteiger partial charge in [0, 0.05) is 32.1 Å². The molecule has 0 bridgehead atoms. The number of carbonyl (C=O) groups excluding carboxylic acids is 1. The molecule has 4 heterocycles. The molecule has 0 spiro atoms. The zero-order valence-corrected chi connectivity index (χ0v) is 15.0. The SMILES string of the molecule is O=C(C1CCN(c2ccc(-n3cncn3)nn2)CC1)N1CCCCCC1. The number of nitrogens with zero attached hydrogens (tertiary/aromatic N) is 7. The van der Waals surface area contributed by atoms with Crippen molar-refractivity contribution < 1.29 is 4.79 Å². The molecule has 8 heteroatoms. The van der Waals surface area contributed by atoms with Crippen molar-refractivity contribution in [3.05, 3.63) is 24.8 Å². The molecular formula is C18H25N7O. The second-order valence-electron chi connectivity index (χ2n) is 7.09. The lowest BCUT2D eigenvalue weighted by molar-refractivity contribution is -0.136. The van der Waals surface area contributed by atoms with E-state index in [9.17, 15) is 4.79 Å². The first-order chi connectivity index (χ1) is 12.8. The van der Waals surface area contributed by atoms with Gasteiger partial charge in [0.25, 0.3) is 0 Å². The Bertz CT molecular complexity index is 700. The summed E-state index contributed by atoms with van der Waals surface area (Å²) in [5.74, 6) is 2.03. The Morgan fingerprint density at radius 1 is 0.923 bits per heavy atom. The molecule has 0 radical (unpaired) electrons. The fourth-order valence-electron chi connectivity index (χ4n) is 3.84. The Hall–Kier alpha value is -2.51. The van der Waals surface area contributed by atoms with Gasteiger partial charge in [-0.25, -0.2) is 9.67 Å². The highest BCUT2D eigenvalue weighted by Crippen LogP contribution is 2.24. The summed E-state index contributed by atoms with van der Waals surface area (Å²) in [6.45, 7) is 3.58. The lowest BCUT2D eigenvalue weighted by Crippen LogP contribution is -2.43. The third kappa shape index (κ3) is 3.68. The van der Waals surface area contributed by atoms with E-state index < -0.39 is 0 Å². The number of piperidine rings is 1. The topological polar surface area (TPSA) is 80.0 Å². The molecule has 2 fully saturated rings. The predicted molar refractivity (Wildman–Crippen MR) is 96.9 cm³/mol. The number of amides is 1. The van der Waals surface area contributed by atoms with Crippen LogP contribution >= 0.6 is 0 Å². The van der Waals surface area contributed by atoms with E-state index in [1.807, 2.05) is 12.1 Å². The molecule has 0 aliphatic carbocycles. The summed E-state index contributed by atoms with van der Waals surface area (Å²) in [6, 6.07) is 3.85. The molecule has 0 aromatic carbocycles.